The van der Waals surface area contributed by atoms with Gasteiger partial charge in [0.2, 0.25) is 0 Å². The SMILES string of the molecule is Cc1ccc(C)c(-c2[nH]ncc2CN2CCCC(O)(CN(C)C)C2)c1. The van der Waals surface area contributed by atoms with E-state index >= 15 is 0 Å². The third kappa shape index (κ3) is 4.29. The molecule has 2 aromatic rings. The maximum Gasteiger partial charge on any atom is 0.0900 e. The van der Waals surface area contributed by atoms with E-state index in [1.807, 2.05) is 20.3 Å². The first-order valence-corrected chi connectivity index (χ1v) is 9.06. The molecule has 0 bridgehead atoms. The summed E-state index contributed by atoms with van der Waals surface area (Å²) in [7, 11) is 4.04. The molecular weight excluding hydrogens is 312 g/mol. The van der Waals surface area contributed by atoms with Crippen molar-refractivity contribution in [2.45, 2.75) is 38.8 Å². The summed E-state index contributed by atoms with van der Waals surface area (Å²) in [5, 5.41) is 18.4. The summed E-state index contributed by atoms with van der Waals surface area (Å²) >= 11 is 0. The van der Waals surface area contributed by atoms with Gasteiger partial charge in [-0.25, -0.2) is 0 Å². The number of benzene rings is 1. The number of likely N-dealkylation sites (N-methyl/N-ethyl adjacent to an activating group) is 1. The van der Waals surface area contributed by atoms with Crippen molar-refractivity contribution in [2.75, 3.05) is 33.7 Å². The Morgan fingerprint density at radius 1 is 1.32 bits per heavy atom. The highest BCUT2D eigenvalue weighted by Gasteiger charge is 2.34. The summed E-state index contributed by atoms with van der Waals surface area (Å²) in [5.41, 5.74) is 5.39. The molecule has 1 aliphatic rings. The van der Waals surface area contributed by atoms with Crippen molar-refractivity contribution in [3.8, 4) is 11.3 Å². The maximum absolute atomic E-state index is 10.9. The molecule has 2 N–H and O–H groups in total. The largest absolute Gasteiger partial charge is 0.387 e. The number of hydrogen-bond donors (Lipinski definition) is 2. The molecule has 0 saturated carbocycles. The molecule has 3 rings (SSSR count). The predicted octanol–water partition coefficient (Wildman–Crippen LogP) is 2.58. The summed E-state index contributed by atoms with van der Waals surface area (Å²) in [5.74, 6) is 0. The number of nitrogens with one attached hydrogen (secondary N) is 1. The lowest BCUT2D eigenvalue weighted by molar-refractivity contribution is -0.0479. The summed E-state index contributed by atoms with van der Waals surface area (Å²) in [6.07, 6.45) is 3.83. The molecule has 1 aromatic carbocycles. The lowest BCUT2D eigenvalue weighted by atomic mass is 9.92. The van der Waals surface area contributed by atoms with E-state index in [-0.39, 0.29) is 0 Å². The van der Waals surface area contributed by atoms with Crippen LogP contribution < -0.4 is 0 Å². The number of aliphatic hydroxyl groups is 1. The topological polar surface area (TPSA) is 55.4 Å². The highest BCUT2D eigenvalue weighted by atomic mass is 16.3. The number of H-pyrrole nitrogens is 1. The van der Waals surface area contributed by atoms with E-state index in [1.165, 1.54) is 22.3 Å². The molecule has 136 valence electrons. The predicted molar refractivity (Wildman–Crippen MR) is 102 cm³/mol. The molecule has 1 atom stereocenters. The first-order chi connectivity index (χ1) is 11.9. The summed E-state index contributed by atoms with van der Waals surface area (Å²) < 4.78 is 0. The molecule has 25 heavy (non-hydrogen) atoms. The minimum atomic E-state index is -0.620. The molecule has 0 radical (unpaired) electrons. The Kier molecular flexibility index (Phi) is 5.27. The maximum atomic E-state index is 10.9. The van der Waals surface area contributed by atoms with E-state index in [0.29, 0.717) is 13.1 Å². The molecule has 1 fully saturated rings. The van der Waals surface area contributed by atoms with E-state index in [0.717, 1.165) is 31.6 Å². The molecular formula is C20H30N4O. The number of aromatic amines is 1. The van der Waals surface area contributed by atoms with Crippen LogP contribution in [0.3, 0.4) is 0 Å². The van der Waals surface area contributed by atoms with Crippen molar-refractivity contribution in [2.24, 2.45) is 0 Å². The van der Waals surface area contributed by atoms with Gasteiger partial charge in [0.05, 0.1) is 17.5 Å². The summed E-state index contributed by atoms with van der Waals surface area (Å²) in [6.45, 7) is 7.50. The van der Waals surface area contributed by atoms with Crippen molar-refractivity contribution in [1.82, 2.24) is 20.0 Å². The van der Waals surface area contributed by atoms with Crippen LogP contribution in [0.25, 0.3) is 11.3 Å². The molecule has 0 amide bonds. The zero-order valence-electron chi connectivity index (χ0n) is 15.8. The number of aryl methyl sites for hydroxylation is 2. The molecule has 5 nitrogen and oxygen atoms in total. The zero-order chi connectivity index (χ0) is 18.0. The monoisotopic (exact) mass is 342 g/mol. The summed E-state index contributed by atoms with van der Waals surface area (Å²) in [4.78, 5) is 4.43. The highest BCUT2D eigenvalue weighted by molar-refractivity contribution is 5.67. The number of β-amino-alcohol motifs (C(OH)–C–C–N with tert-alkyl or cyclic N) is 1. The molecule has 2 heterocycles. The quantitative estimate of drug-likeness (QED) is 0.877. The van der Waals surface area contributed by atoms with E-state index < -0.39 is 5.60 Å². The highest BCUT2D eigenvalue weighted by Crippen LogP contribution is 2.29. The van der Waals surface area contributed by atoms with Crippen molar-refractivity contribution >= 4 is 0 Å². The molecule has 5 heteroatoms. The van der Waals surface area contributed by atoms with Gasteiger partial charge in [-0.3, -0.25) is 10.00 Å². The standard InChI is InChI=1S/C20H30N4O/c1-15-6-7-16(2)18(10-15)19-17(11-21-22-19)12-24-9-5-8-20(25,14-24)13-23(3)4/h6-7,10-11,25H,5,8-9,12-14H2,1-4H3,(H,21,22). The smallest absolute Gasteiger partial charge is 0.0900 e. The Balaban J connectivity index is 1.78. The fourth-order valence-electron chi connectivity index (χ4n) is 3.97. The summed E-state index contributed by atoms with van der Waals surface area (Å²) in [6, 6.07) is 6.51. The molecule has 1 saturated heterocycles. The number of nitrogens with zero attached hydrogens (tertiary/aromatic N) is 3. The van der Waals surface area contributed by atoms with Gasteiger partial charge in [0.15, 0.2) is 0 Å². The third-order valence-electron chi connectivity index (χ3n) is 5.02. The molecule has 0 aliphatic carbocycles. The van der Waals surface area contributed by atoms with Crippen LogP contribution in [0.4, 0.5) is 0 Å². The van der Waals surface area contributed by atoms with Gasteiger partial charge >= 0.3 is 0 Å². The number of piperidine rings is 1. The van der Waals surface area contributed by atoms with E-state index in [9.17, 15) is 5.11 Å². The number of hydrogen-bond acceptors (Lipinski definition) is 4. The Labute approximate surface area is 150 Å². The van der Waals surface area contributed by atoms with Gasteiger partial charge in [-0.05, 0) is 59.0 Å². The first-order valence-electron chi connectivity index (χ1n) is 9.06. The van der Waals surface area contributed by atoms with Gasteiger partial charge in [0.1, 0.15) is 0 Å². The normalized spacial score (nSPS) is 21.8. The Morgan fingerprint density at radius 2 is 2.12 bits per heavy atom. The van der Waals surface area contributed by atoms with Crippen LogP contribution in [-0.2, 0) is 6.54 Å². The second-order valence-corrected chi connectivity index (χ2v) is 7.86. The minimum Gasteiger partial charge on any atom is -0.387 e. The Morgan fingerprint density at radius 3 is 2.88 bits per heavy atom. The second kappa shape index (κ2) is 7.28. The van der Waals surface area contributed by atoms with E-state index in [4.69, 9.17) is 0 Å². The molecule has 0 spiro atoms. The van der Waals surface area contributed by atoms with Crippen LogP contribution in [0, 0.1) is 13.8 Å². The van der Waals surface area contributed by atoms with Crippen molar-refractivity contribution in [1.29, 1.82) is 0 Å². The first kappa shape index (κ1) is 18.1. The number of rotatable bonds is 5. The Hall–Kier alpha value is -1.69. The number of aromatic nitrogens is 2. The van der Waals surface area contributed by atoms with Crippen molar-refractivity contribution in [3.63, 3.8) is 0 Å². The number of likely N-dealkylation sites (tertiary alicyclic amines) is 1. The van der Waals surface area contributed by atoms with Crippen LogP contribution in [0.15, 0.2) is 24.4 Å². The lowest BCUT2D eigenvalue weighted by Gasteiger charge is -2.40. The molecule has 1 aromatic heterocycles. The van der Waals surface area contributed by atoms with Crippen LogP contribution in [0.1, 0.15) is 29.5 Å². The third-order valence-corrected chi connectivity index (χ3v) is 5.02. The zero-order valence-corrected chi connectivity index (χ0v) is 15.8. The van der Waals surface area contributed by atoms with Crippen LogP contribution in [0.2, 0.25) is 0 Å². The van der Waals surface area contributed by atoms with E-state index in [2.05, 4.69) is 52.0 Å². The lowest BCUT2D eigenvalue weighted by Crippen LogP contribution is -2.52. The molecule has 1 unspecified atom stereocenters. The minimum absolute atomic E-state index is 0.620. The average Bonchev–Trinajstić information content (AvgIpc) is 2.96. The van der Waals surface area contributed by atoms with Gasteiger partial charge in [-0.1, -0.05) is 17.7 Å². The Bertz CT molecular complexity index is 724. The fourth-order valence-corrected chi connectivity index (χ4v) is 3.97. The van der Waals surface area contributed by atoms with Gasteiger partial charge in [-0.2, -0.15) is 5.10 Å². The van der Waals surface area contributed by atoms with Crippen LogP contribution in [0.5, 0.6) is 0 Å². The fraction of sp³-hybridized carbons (Fsp3) is 0.550. The second-order valence-electron chi connectivity index (χ2n) is 7.86. The van der Waals surface area contributed by atoms with Gasteiger partial charge < -0.3 is 10.0 Å². The van der Waals surface area contributed by atoms with Gasteiger partial charge in [0.25, 0.3) is 0 Å². The van der Waals surface area contributed by atoms with Crippen LogP contribution in [-0.4, -0.2) is 64.4 Å². The van der Waals surface area contributed by atoms with Crippen molar-refractivity contribution < 1.29 is 5.11 Å². The van der Waals surface area contributed by atoms with Crippen molar-refractivity contribution in [3.05, 3.63) is 41.1 Å². The van der Waals surface area contributed by atoms with Gasteiger partial charge in [0, 0.05) is 30.8 Å². The molecule has 1 aliphatic heterocycles. The van der Waals surface area contributed by atoms with Crippen LogP contribution >= 0.6 is 0 Å². The van der Waals surface area contributed by atoms with E-state index in [1.54, 1.807) is 0 Å². The average molecular weight is 342 g/mol. The van der Waals surface area contributed by atoms with Gasteiger partial charge in [-0.15, -0.1) is 0 Å².